The lowest BCUT2D eigenvalue weighted by Gasteiger charge is -2.16. The third-order valence-corrected chi connectivity index (χ3v) is 3.24. The van der Waals surface area contributed by atoms with Crippen LogP contribution in [0, 0.1) is 0 Å². The number of hydrogen-bond acceptors (Lipinski definition) is 2. The minimum Gasteiger partial charge on any atom is -0.368 e. The summed E-state index contributed by atoms with van der Waals surface area (Å²) < 4.78 is 0. The summed E-state index contributed by atoms with van der Waals surface area (Å²) in [5.74, 6) is -0.872. The van der Waals surface area contributed by atoms with Crippen LogP contribution < -0.4 is 11.1 Å². The molecule has 2 rings (SSSR count). The van der Waals surface area contributed by atoms with Gasteiger partial charge >= 0.3 is 0 Å². The van der Waals surface area contributed by atoms with Gasteiger partial charge in [-0.15, -0.1) is 6.58 Å². The molecule has 21 heavy (non-hydrogen) atoms. The number of nitrogens with one attached hydrogen (secondary N) is 1. The van der Waals surface area contributed by atoms with Gasteiger partial charge in [-0.05, 0) is 30.2 Å². The average Bonchev–Trinajstić information content (AvgIpc) is 2.45. The Morgan fingerprint density at radius 1 is 1.19 bits per heavy atom. The molecule has 0 spiro atoms. The fourth-order valence-corrected chi connectivity index (χ4v) is 2.23. The second-order valence-electron chi connectivity index (χ2n) is 5.12. The summed E-state index contributed by atoms with van der Waals surface area (Å²) in [6.07, 6.45) is 0.339. The fraction of sp³-hybridized carbons (Fsp3) is 0.176. The smallest absolute Gasteiger partial charge is 0.252 e. The van der Waals surface area contributed by atoms with Crippen LogP contribution >= 0.6 is 0 Å². The van der Waals surface area contributed by atoms with Gasteiger partial charge in [-0.2, -0.15) is 0 Å². The van der Waals surface area contributed by atoms with Crippen molar-refractivity contribution < 1.29 is 9.59 Å². The van der Waals surface area contributed by atoms with Gasteiger partial charge in [0.15, 0.2) is 0 Å². The van der Waals surface area contributed by atoms with E-state index in [2.05, 4.69) is 11.9 Å². The Hall–Kier alpha value is -2.62. The van der Waals surface area contributed by atoms with Gasteiger partial charge in [-0.25, -0.2) is 0 Å². The Balaban J connectivity index is 2.29. The summed E-state index contributed by atoms with van der Waals surface area (Å²) in [6, 6.07) is 12.3. The highest BCUT2D eigenvalue weighted by molar-refractivity contribution is 6.08. The quantitative estimate of drug-likeness (QED) is 0.826. The molecule has 0 heterocycles. The number of rotatable bonds is 5. The third-order valence-electron chi connectivity index (χ3n) is 3.24. The van der Waals surface area contributed by atoms with Crippen LogP contribution in [0.3, 0.4) is 0 Å². The van der Waals surface area contributed by atoms with Crippen LogP contribution in [0.25, 0.3) is 10.8 Å². The number of fused-ring (bicyclic) bond motifs is 1. The van der Waals surface area contributed by atoms with Crippen molar-refractivity contribution in [3.63, 3.8) is 0 Å². The van der Waals surface area contributed by atoms with Crippen LogP contribution in [-0.4, -0.2) is 17.9 Å². The highest BCUT2D eigenvalue weighted by atomic mass is 16.2. The van der Waals surface area contributed by atoms with Crippen molar-refractivity contribution in [1.82, 2.24) is 5.32 Å². The Morgan fingerprint density at radius 2 is 1.86 bits per heavy atom. The van der Waals surface area contributed by atoms with E-state index < -0.39 is 11.9 Å². The molecule has 2 aromatic carbocycles. The molecular formula is C17H18N2O2. The molecule has 0 radical (unpaired) electrons. The van der Waals surface area contributed by atoms with Crippen LogP contribution in [0.2, 0.25) is 0 Å². The monoisotopic (exact) mass is 282 g/mol. The normalized spacial score (nSPS) is 11.9. The molecule has 0 aliphatic heterocycles. The maximum atomic E-state index is 12.4. The van der Waals surface area contributed by atoms with Gasteiger partial charge in [-0.1, -0.05) is 42.0 Å². The Kier molecular flexibility index (Phi) is 4.38. The van der Waals surface area contributed by atoms with E-state index in [0.29, 0.717) is 12.0 Å². The third kappa shape index (κ3) is 3.48. The van der Waals surface area contributed by atoms with E-state index in [1.165, 1.54) is 0 Å². The van der Waals surface area contributed by atoms with Crippen molar-refractivity contribution in [2.24, 2.45) is 5.73 Å². The number of nitrogens with two attached hydrogens (primary N) is 1. The van der Waals surface area contributed by atoms with Gasteiger partial charge in [0.1, 0.15) is 6.04 Å². The lowest BCUT2D eigenvalue weighted by Crippen LogP contribution is -2.44. The van der Waals surface area contributed by atoms with Crippen molar-refractivity contribution in [1.29, 1.82) is 0 Å². The van der Waals surface area contributed by atoms with Crippen molar-refractivity contribution in [2.75, 3.05) is 0 Å². The molecule has 2 aromatic rings. The summed E-state index contributed by atoms with van der Waals surface area (Å²) >= 11 is 0. The van der Waals surface area contributed by atoms with Gasteiger partial charge in [0.05, 0.1) is 0 Å². The first-order chi connectivity index (χ1) is 9.99. The van der Waals surface area contributed by atoms with E-state index in [9.17, 15) is 9.59 Å². The van der Waals surface area contributed by atoms with Gasteiger partial charge in [0.25, 0.3) is 5.91 Å². The zero-order valence-corrected chi connectivity index (χ0v) is 11.9. The van der Waals surface area contributed by atoms with Gasteiger partial charge in [-0.3, -0.25) is 9.59 Å². The van der Waals surface area contributed by atoms with Gasteiger partial charge in [0.2, 0.25) is 5.91 Å². The van der Waals surface area contributed by atoms with E-state index in [0.717, 1.165) is 16.3 Å². The number of benzene rings is 2. The van der Waals surface area contributed by atoms with Gasteiger partial charge < -0.3 is 11.1 Å². The van der Waals surface area contributed by atoms with Crippen LogP contribution in [0.5, 0.6) is 0 Å². The van der Waals surface area contributed by atoms with Crippen LogP contribution in [0.15, 0.2) is 54.6 Å². The first-order valence-electron chi connectivity index (χ1n) is 6.71. The SMILES string of the molecule is C=C(C)C[C@@H](NC(=O)c1cccc2ccccc12)C(N)=O. The maximum Gasteiger partial charge on any atom is 0.252 e. The number of carbonyl (C=O) groups excluding carboxylic acids is 2. The number of hydrogen-bond donors (Lipinski definition) is 2. The van der Waals surface area contributed by atoms with E-state index in [1.54, 1.807) is 13.0 Å². The highest BCUT2D eigenvalue weighted by Crippen LogP contribution is 2.18. The molecular weight excluding hydrogens is 264 g/mol. The Bertz CT molecular complexity index is 702. The molecule has 0 aromatic heterocycles. The summed E-state index contributed by atoms with van der Waals surface area (Å²) in [5, 5.41) is 4.50. The minimum atomic E-state index is -0.742. The molecule has 1 atom stereocenters. The molecule has 0 saturated heterocycles. The number of primary amides is 1. The van der Waals surface area contributed by atoms with Gasteiger partial charge in [0, 0.05) is 5.56 Å². The zero-order valence-electron chi connectivity index (χ0n) is 11.9. The molecule has 108 valence electrons. The second-order valence-corrected chi connectivity index (χ2v) is 5.12. The van der Waals surface area contributed by atoms with E-state index >= 15 is 0 Å². The molecule has 0 saturated carbocycles. The molecule has 0 fully saturated rings. The van der Waals surface area contributed by atoms with Crippen LogP contribution in [0.1, 0.15) is 23.7 Å². The molecule has 4 nitrogen and oxygen atoms in total. The first kappa shape index (κ1) is 14.8. The van der Waals surface area contributed by atoms with Crippen molar-refractivity contribution >= 4 is 22.6 Å². The fourth-order valence-electron chi connectivity index (χ4n) is 2.23. The van der Waals surface area contributed by atoms with Crippen molar-refractivity contribution in [3.8, 4) is 0 Å². The predicted molar refractivity (Wildman–Crippen MR) is 83.8 cm³/mol. The second kappa shape index (κ2) is 6.22. The highest BCUT2D eigenvalue weighted by Gasteiger charge is 2.19. The molecule has 3 N–H and O–H groups in total. The Morgan fingerprint density at radius 3 is 2.52 bits per heavy atom. The summed E-state index contributed by atoms with van der Waals surface area (Å²) in [6.45, 7) is 5.54. The lowest BCUT2D eigenvalue weighted by molar-refractivity contribution is -0.119. The summed E-state index contributed by atoms with van der Waals surface area (Å²) in [5.41, 5.74) is 6.65. The van der Waals surface area contributed by atoms with Crippen LogP contribution in [0.4, 0.5) is 0 Å². The predicted octanol–water partition coefficient (Wildman–Crippen LogP) is 2.39. The maximum absolute atomic E-state index is 12.4. The zero-order chi connectivity index (χ0) is 15.4. The van der Waals surface area contributed by atoms with E-state index in [-0.39, 0.29) is 5.91 Å². The number of carbonyl (C=O) groups is 2. The topological polar surface area (TPSA) is 72.2 Å². The standard InChI is InChI=1S/C17H18N2O2/c1-11(2)10-15(16(18)20)19-17(21)14-9-5-7-12-6-3-4-8-13(12)14/h3-9,15H,1,10H2,2H3,(H2,18,20)(H,19,21)/t15-/m1/s1. The van der Waals surface area contributed by atoms with Crippen molar-refractivity contribution in [2.45, 2.75) is 19.4 Å². The molecule has 0 bridgehead atoms. The molecule has 4 heteroatoms. The largest absolute Gasteiger partial charge is 0.368 e. The summed E-state index contributed by atoms with van der Waals surface area (Å²) in [7, 11) is 0. The molecule has 0 unspecified atom stereocenters. The molecule has 2 amide bonds. The Labute approximate surface area is 123 Å². The summed E-state index contributed by atoms with van der Waals surface area (Å²) in [4.78, 5) is 23.8. The van der Waals surface area contributed by atoms with Crippen molar-refractivity contribution in [3.05, 3.63) is 60.2 Å². The van der Waals surface area contributed by atoms with E-state index in [1.807, 2.05) is 36.4 Å². The van der Waals surface area contributed by atoms with Crippen LogP contribution in [-0.2, 0) is 4.79 Å². The first-order valence-corrected chi connectivity index (χ1v) is 6.71. The average molecular weight is 282 g/mol. The number of amides is 2. The lowest BCUT2D eigenvalue weighted by atomic mass is 10.0. The van der Waals surface area contributed by atoms with E-state index in [4.69, 9.17) is 5.73 Å². The molecule has 0 aliphatic carbocycles. The molecule has 0 aliphatic rings. The minimum absolute atomic E-state index is 0.308.